The van der Waals surface area contributed by atoms with Crippen molar-refractivity contribution in [3.05, 3.63) is 41.3 Å². The number of hydrogen-bond donors (Lipinski definition) is 2. The van der Waals surface area contributed by atoms with E-state index in [-0.39, 0.29) is 5.92 Å². The highest BCUT2D eigenvalue weighted by atomic mass is 35.5. The minimum absolute atomic E-state index is 0.223. The van der Waals surface area contributed by atoms with Gasteiger partial charge in [0.1, 0.15) is 11.8 Å². The van der Waals surface area contributed by atoms with E-state index in [1.807, 2.05) is 4.90 Å². The summed E-state index contributed by atoms with van der Waals surface area (Å²) in [6, 6.07) is 6.81. The number of carbonyl (C=O) groups is 2. The highest BCUT2D eigenvalue weighted by molar-refractivity contribution is 6.40. The van der Waals surface area contributed by atoms with Crippen LogP contribution in [0.5, 0.6) is 5.75 Å². The van der Waals surface area contributed by atoms with Crippen LogP contribution in [0.3, 0.4) is 0 Å². The summed E-state index contributed by atoms with van der Waals surface area (Å²) in [4.78, 5) is 34.7. The molecule has 0 saturated carbocycles. The zero-order chi connectivity index (χ0) is 21.5. The highest BCUT2D eigenvalue weighted by Gasteiger charge is 2.24. The monoisotopic (exact) mass is 428 g/mol. The van der Waals surface area contributed by atoms with E-state index in [1.54, 1.807) is 18.3 Å². The second-order valence-electron chi connectivity index (χ2n) is 6.78. The molecule has 2 heterocycles. The molecule has 1 aromatic heterocycles. The van der Waals surface area contributed by atoms with Gasteiger partial charge in [-0.2, -0.15) is 5.26 Å². The number of hydrogen-bond acceptors (Lipinski definition) is 7. The molecular formula is C20H21ClN6O3. The second kappa shape index (κ2) is 9.89. The molecule has 9 nitrogen and oxygen atoms in total. The maximum atomic E-state index is 12.2. The van der Waals surface area contributed by atoms with Gasteiger partial charge in [0, 0.05) is 37.1 Å². The first kappa shape index (κ1) is 21.3. The number of anilines is 2. The summed E-state index contributed by atoms with van der Waals surface area (Å²) in [5.41, 5.74) is 0.632. The molecule has 0 bridgehead atoms. The molecule has 0 spiro atoms. The summed E-state index contributed by atoms with van der Waals surface area (Å²) >= 11 is 5.94. The number of carbonyl (C=O) groups excluding carboxylic acids is 2. The van der Waals surface area contributed by atoms with E-state index in [2.05, 4.69) is 26.7 Å². The van der Waals surface area contributed by atoms with E-state index < -0.39 is 11.8 Å². The fourth-order valence-corrected chi connectivity index (χ4v) is 3.44. The molecule has 3 rings (SSSR count). The number of amides is 2. The molecule has 10 heteroatoms. The van der Waals surface area contributed by atoms with Gasteiger partial charge >= 0.3 is 11.8 Å². The van der Waals surface area contributed by atoms with Crippen LogP contribution in [0.2, 0.25) is 5.02 Å². The Morgan fingerprint density at radius 3 is 2.70 bits per heavy atom. The lowest BCUT2D eigenvalue weighted by Gasteiger charge is -2.32. The number of piperidine rings is 1. The Kier molecular flexibility index (Phi) is 7.03. The third kappa shape index (κ3) is 5.15. The van der Waals surface area contributed by atoms with Crippen molar-refractivity contribution in [2.75, 3.05) is 37.0 Å². The van der Waals surface area contributed by atoms with Crippen molar-refractivity contribution in [3.63, 3.8) is 0 Å². The van der Waals surface area contributed by atoms with Crippen molar-refractivity contribution >= 4 is 34.9 Å². The summed E-state index contributed by atoms with van der Waals surface area (Å²) in [5, 5.41) is 14.8. The number of nitrogens with one attached hydrogen (secondary N) is 2. The topological polar surface area (TPSA) is 120 Å². The second-order valence-corrected chi connectivity index (χ2v) is 7.22. The van der Waals surface area contributed by atoms with Gasteiger partial charge in [0.15, 0.2) is 11.5 Å². The van der Waals surface area contributed by atoms with Crippen LogP contribution in [0, 0.1) is 17.2 Å². The normalized spacial score (nSPS) is 14.0. The zero-order valence-electron chi connectivity index (χ0n) is 16.4. The number of rotatable bonds is 5. The van der Waals surface area contributed by atoms with E-state index >= 15 is 0 Å². The number of nitrogens with zero attached hydrogens (tertiary/aromatic N) is 4. The molecule has 0 radical (unpaired) electrons. The summed E-state index contributed by atoms with van der Waals surface area (Å²) < 4.78 is 5.16. The minimum atomic E-state index is -0.786. The lowest BCUT2D eigenvalue weighted by Crippen LogP contribution is -2.42. The molecule has 2 aromatic rings. The van der Waals surface area contributed by atoms with Gasteiger partial charge in [0.05, 0.1) is 12.8 Å². The molecule has 156 valence electrons. The highest BCUT2D eigenvalue weighted by Crippen LogP contribution is 2.27. The Morgan fingerprint density at radius 2 is 2.00 bits per heavy atom. The van der Waals surface area contributed by atoms with Gasteiger partial charge in [-0.25, -0.2) is 9.97 Å². The third-order valence-electron chi connectivity index (χ3n) is 4.87. The maximum Gasteiger partial charge on any atom is 0.313 e. The minimum Gasteiger partial charge on any atom is -0.495 e. The first-order chi connectivity index (χ1) is 14.5. The third-order valence-corrected chi connectivity index (χ3v) is 5.10. The molecule has 1 aliphatic rings. The van der Waals surface area contributed by atoms with Crippen LogP contribution < -0.4 is 20.3 Å². The molecule has 0 unspecified atom stereocenters. The van der Waals surface area contributed by atoms with Gasteiger partial charge in [-0.3, -0.25) is 9.59 Å². The number of aromatic nitrogens is 2. The number of nitriles is 1. The predicted octanol–water partition coefficient (Wildman–Crippen LogP) is 1.98. The van der Waals surface area contributed by atoms with Crippen LogP contribution in [0.4, 0.5) is 11.5 Å². The smallest absolute Gasteiger partial charge is 0.313 e. The van der Waals surface area contributed by atoms with Crippen LogP contribution in [-0.4, -0.2) is 48.5 Å². The molecule has 1 saturated heterocycles. The average molecular weight is 429 g/mol. The van der Waals surface area contributed by atoms with Crippen molar-refractivity contribution in [1.82, 2.24) is 15.3 Å². The van der Waals surface area contributed by atoms with E-state index in [0.29, 0.717) is 47.6 Å². The molecular weight excluding hydrogens is 408 g/mol. The fourth-order valence-electron chi connectivity index (χ4n) is 3.26. The number of methoxy groups -OCH3 is 1. The lowest BCUT2D eigenvalue weighted by molar-refractivity contribution is -0.136. The van der Waals surface area contributed by atoms with E-state index in [4.69, 9.17) is 16.3 Å². The van der Waals surface area contributed by atoms with Gasteiger partial charge in [0.2, 0.25) is 0 Å². The van der Waals surface area contributed by atoms with Gasteiger partial charge < -0.3 is 20.3 Å². The summed E-state index contributed by atoms with van der Waals surface area (Å²) in [6.45, 7) is 1.78. The molecule has 1 aliphatic heterocycles. The van der Waals surface area contributed by atoms with Crippen LogP contribution in [-0.2, 0) is 9.59 Å². The average Bonchev–Trinajstić information content (AvgIpc) is 2.78. The van der Waals surface area contributed by atoms with Crippen LogP contribution >= 0.6 is 11.6 Å². The molecule has 1 fully saturated rings. The molecule has 0 aliphatic carbocycles. The van der Waals surface area contributed by atoms with Crippen LogP contribution in [0.1, 0.15) is 18.5 Å². The zero-order valence-corrected chi connectivity index (χ0v) is 17.1. The van der Waals surface area contributed by atoms with Gasteiger partial charge in [-0.1, -0.05) is 11.6 Å². The Labute approximate surface area is 179 Å². The summed E-state index contributed by atoms with van der Waals surface area (Å²) in [7, 11) is 1.46. The SMILES string of the molecule is COc1ccc(Cl)cc1NC(=O)C(=O)NCC1CCN(c2nccnc2C#N)CC1. The fraction of sp³-hybridized carbons (Fsp3) is 0.350. The number of halogens is 1. The number of benzene rings is 1. The summed E-state index contributed by atoms with van der Waals surface area (Å²) in [6.07, 6.45) is 4.65. The predicted molar refractivity (Wildman–Crippen MR) is 111 cm³/mol. The largest absolute Gasteiger partial charge is 0.495 e. The van der Waals surface area contributed by atoms with Crippen molar-refractivity contribution < 1.29 is 14.3 Å². The Balaban J connectivity index is 1.48. The lowest BCUT2D eigenvalue weighted by atomic mass is 9.96. The van der Waals surface area contributed by atoms with Crippen molar-refractivity contribution in [1.29, 1.82) is 5.26 Å². The van der Waals surface area contributed by atoms with Crippen molar-refractivity contribution in [2.45, 2.75) is 12.8 Å². The molecule has 1 aromatic carbocycles. The van der Waals surface area contributed by atoms with Gasteiger partial charge in [-0.05, 0) is 37.0 Å². The first-order valence-corrected chi connectivity index (χ1v) is 9.78. The van der Waals surface area contributed by atoms with Gasteiger partial charge in [0.25, 0.3) is 0 Å². The number of ether oxygens (including phenoxy) is 1. The molecule has 2 N–H and O–H groups in total. The Hall–Kier alpha value is -3.38. The van der Waals surface area contributed by atoms with E-state index in [1.165, 1.54) is 19.4 Å². The van der Waals surface area contributed by atoms with Crippen LogP contribution in [0.25, 0.3) is 0 Å². The maximum absolute atomic E-state index is 12.2. The van der Waals surface area contributed by atoms with Crippen molar-refractivity contribution in [2.24, 2.45) is 5.92 Å². The molecule has 2 amide bonds. The molecule has 30 heavy (non-hydrogen) atoms. The Bertz CT molecular complexity index is 969. The van der Waals surface area contributed by atoms with E-state index in [9.17, 15) is 14.9 Å². The van der Waals surface area contributed by atoms with Gasteiger partial charge in [-0.15, -0.1) is 0 Å². The molecule has 0 atom stereocenters. The van der Waals surface area contributed by atoms with Crippen LogP contribution in [0.15, 0.2) is 30.6 Å². The quantitative estimate of drug-likeness (QED) is 0.698. The Morgan fingerprint density at radius 1 is 1.27 bits per heavy atom. The summed E-state index contributed by atoms with van der Waals surface area (Å²) in [5.74, 6) is -0.293. The standard InChI is InChI=1S/C20H21ClN6O3/c1-30-17-3-2-14(21)10-15(17)26-20(29)19(28)25-12-13-4-8-27(9-5-13)18-16(11-22)23-6-7-24-18/h2-3,6-7,10,13H,4-5,8-9,12H2,1H3,(H,25,28)(H,26,29). The van der Waals surface area contributed by atoms with Crippen molar-refractivity contribution in [3.8, 4) is 11.8 Å². The first-order valence-electron chi connectivity index (χ1n) is 9.40. The van der Waals surface area contributed by atoms with E-state index in [0.717, 1.165) is 12.8 Å².